The van der Waals surface area contributed by atoms with Gasteiger partial charge in [0, 0.05) is 37.0 Å². The third-order valence-corrected chi connectivity index (χ3v) is 5.14. The summed E-state index contributed by atoms with van der Waals surface area (Å²) in [6.07, 6.45) is 3.76. The number of para-hydroxylation sites is 1. The first-order chi connectivity index (χ1) is 13.9. The quantitative estimate of drug-likeness (QED) is 0.492. The van der Waals surface area contributed by atoms with Crippen molar-refractivity contribution in [2.75, 3.05) is 6.54 Å². The van der Waals surface area contributed by atoms with E-state index in [-0.39, 0.29) is 23.6 Å². The Morgan fingerprint density at radius 1 is 1.07 bits per heavy atom. The second kappa shape index (κ2) is 10.6. The molecular weight excluding hydrogens is 368 g/mol. The van der Waals surface area contributed by atoms with Crippen molar-refractivity contribution in [2.24, 2.45) is 5.92 Å². The van der Waals surface area contributed by atoms with Crippen LogP contribution in [0.15, 0.2) is 30.5 Å². The molecule has 7 nitrogen and oxygen atoms in total. The highest BCUT2D eigenvalue weighted by atomic mass is 16.2. The van der Waals surface area contributed by atoms with Crippen molar-refractivity contribution in [3.8, 4) is 0 Å². The molecule has 3 atom stereocenters. The van der Waals surface area contributed by atoms with Gasteiger partial charge < -0.3 is 20.9 Å². The van der Waals surface area contributed by atoms with Gasteiger partial charge in [-0.2, -0.15) is 0 Å². The van der Waals surface area contributed by atoms with E-state index in [9.17, 15) is 14.4 Å². The molecule has 1 aromatic carbocycles. The van der Waals surface area contributed by atoms with Crippen molar-refractivity contribution in [1.82, 2.24) is 20.9 Å². The molecule has 0 saturated carbocycles. The van der Waals surface area contributed by atoms with Crippen LogP contribution in [0.5, 0.6) is 0 Å². The molecule has 0 radical (unpaired) electrons. The number of carbonyl (C=O) groups excluding carboxylic acids is 3. The van der Waals surface area contributed by atoms with Crippen LogP contribution in [0.2, 0.25) is 0 Å². The zero-order chi connectivity index (χ0) is 21.4. The molecule has 7 heteroatoms. The maximum absolute atomic E-state index is 13.0. The van der Waals surface area contributed by atoms with Crippen LogP contribution in [0, 0.1) is 5.92 Å². The van der Waals surface area contributed by atoms with Gasteiger partial charge in [0.15, 0.2) is 0 Å². The Balaban J connectivity index is 2.20. The van der Waals surface area contributed by atoms with Crippen LogP contribution in [0.4, 0.5) is 0 Å². The number of H-pyrrole nitrogens is 1. The topological polar surface area (TPSA) is 103 Å². The molecule has 0 aliphatic carbocycles. The molecule has 158 valence electrons. The lowest BCUT2D eigenvalue weighted by Crippen LogP contribution is -2.56. The number of hydrogen-bond donors (Lipinski definition) is 4. The number of rotatable bonds is 10. The summed E-state index contributed by atoms with van der Waals surface area (Å²) in [5.41, 5.74) is 1.91. The lowest BCUT2D eigenvalue weighted by molar-refractivity contribution is -0.132. The second-order valence-corrected chi connectivity index (χ2v) is 7.48. The van der Waals surface area contributed by atoms with Crippen molar-refractivity contribution in [3.63, 3.8) is 0 Å². The number of amides is 3. The van der Waals surface area contributed by atoms with Gasteiger partial charge in [-0.15, -0.1) is 0 Å². The van der Waals surface area contributed by atoms with Crippen LogP contribution in [-0.4, -0.2) is 41.3 Å². The number of carbonyl (C=O) groups is 3. The lowest BCUT2D eigenvalue weighted by atomic mass is 9.97. The molecule has 0 saturated heterocycles. The van der Waals surface area contributed by atoms with Crippen molar-refractivity contribution < 1.29 is 14.4 Å². The van der Waals surface area contributed by atoms with Crippen LogP contribution in [0.3, 0.4) is 0 Å². The van der Waals surface area contributed by atoms with Gasteiger partial charge in [0.05, 0.1) is 0 Å². The Kier molecular flexibility index (Phi) is 8.24. The highest BCUT2D eigenvalue weighted by molar-refractivity contribution is 5.93. The summed E-state index contributed by atoms with van der Waals surface area (Å²) in [5.74, 6) is -0.868. The molecule has 2 aromatic rings. The molecule has 4 N–H and O–H groups in total. The predicted octanol–water partition coefficient (Wildman–Crippen LogP) is 2.27. The van der Waals surface area contributed by atoms with Crippen molar-refractivity contribution in [1.29, 1.82) is 0 Å². The largest absolute Gasteiger partial charge is 0.361 e. The minimum atomic E-state index is -0.766. The first-order valence-electron chi connectivity index (χ1n) is 10.3. The lowest BCUT2D eigenvalue weighted by Gasteiger charge is -2.26. The van der Waals surface area contributed by atoms with Crippen molar-refractivity contribution in [3.05, 3.63) is 36.0 Å². The molecule has 0 aliphatic rings. The fraction of sp³-hybridized carbons (Fsp3) is 0.500. The second-order valence-electron chi connectivity index (χ2n) is 7.48. The summed E-state index contributed by atoms with van der Waals surface area (Å²) < 4.78 is 0. The molecule has 0 unspecified atom stereocenters. The van der Waals surface area contributed by atoms with Crippen LogP contribution < -0.4 is 16.0 Å². The van der Waals surface area contributed by atoms with Crippen molar-refractivity contribution >= 4 is 28.6 Å². The monoisotopic (exact) mass is 400 g/mol. The van der Waals surface area contributed by atoms with Crippen LogP contribution >= 0.6 is 0 Å². The van der Waals surface area contributed by atoms with Crippen LogP contribution in [0.25, 0.3) is 10.9 Å². The number of nitrogens with one attached hydrogen (secondary N) is 4. The summed E-state index contributed by atoms with van der Waals surface area (Å²) in [5, 5.41) is 9.46. The van der Waals surface area contributed by atoms with Gasteiger partial charge in [0.2, 0.25) is 17.7 Å². The van der Waals surface area contributed by atoms with Crippen LogP contribution in [-0.2, 0) is 20.8 Å². The highest BCUT2D eigenvalue weighted by Crippen LogP contribution is 2.19. The van der Waals surface area contributed by atoms with Gasteiger partial charge >= 0.3 is 0 Å². The average molecular weight is 401 g/mol. The van der Waals surface area contributed by atoms with Gasteiger partial charge in [-0.25, -0.2) is 0 Å². The summed E-state index contributed by atoms with van der Waals surface area (Å²) >= 11 is 0. The first-order valence-corrected chi connectivity index (χ1v) is 10.3. The van der Waals surface area contributed by atoms with Gasteiger partial charge in [0.25, 0.3) is 0 Å². The van der Waals surface area contributed by atoms with E-state index < -0.39 is 12.1 Å². The van der Waals surface area contributed by atoms with Gasteiger partial charge in [-0.05, 0) is 24.0 Å². The van der Waals surface area contributed by atoms with E-state index >= 15 is 0 Å². The summed E-state index contributed by atoms with van der Waals surface area (Å²) in [6, 6.07) is 6.40. The van der Waals surface area contributed by atoms with E-state index in [1.54, 1.807) is 0 Å². The zero-order valence-electron chi connectivity index (χ0n) is 17.7. The SMILES string of the molecule is CCCNC(=O)[C@@H](NC(=O)[C@H](Cc1c[nH]c2ccccc12)NC(C)=O)[C@@H](C)CC. The molecule has 0 aliphatic heterocycles. The number of benzene rings is 1. The van der Waals surface area contributed by atoms with E-state index in [2.05, 4.69) is 20.9 Å². The maximum Gasteiger partial charge on any atom is 0.243 e. The van der Waals surface area contributed by atoms with E-state index in [1.165, 1.54) is 6.92 Å². The minimum Gasteiger partial charge on any atom is -0.361 e. The Morgan fingerprint density at radius 3 is 2.45 bits per heavy atom. The average Bonchev–Trinajstić information content (AvgIpc) is 3.11. The number of fused-ring (bicyclic) bond motifs is 1. The standard InChI is InChI=1S/C22H32N4O3/c1-5-11-23-22(29)20(14(3)6-2)26-21(28)19(25-15(4)27)12-16-13-24-18-10-8-7-9-17(16)18/h7-10,13-14,19-20,24H,5-6,11-12H2,1-4H3,(H,23,29)(H,25,27)(H,26,28)/t14-,19-,20-/m0/s1. The maximum atomic E-state index is 13.0. The van der Waals surface area contributed by atoms with Gasteiger partial charge in [-0.1, -0.05) is 45.4 Å². The van der Waals surface area contributed by atoms with E-state index in [4.69, 9.17) is 0 Å². The highest BCUT2D eigenvalue weighted by Gasteiger charge is 2.29. The summed E-state index contributed by atoms with van der Waals surface area (Å²) in [6.45, 7) is 7.84. The molecule has 0 fully saturated rings. The molecule has 1 aromatic heterocycles. The van der Waals surface area contributed by atoms with Gasteiger partial charge in [0.1, 0.15) is 12.1 Å². The number of aromatic amines is 1. The zero-order valence-corrected chi connectivity index (χ0v) is 17.7. The van der Waals surface area contributed by atoms with Crippen molar-refractivity contribution in [2.45, 2.75) is 59.0 Å². The first kappa shape index (κ1) is 22.5. The predicted molar refractivity (Wildman–Crippen MR) is 114 cm³/mol. The summed E-state index contributed by atoms with van der Waals surface area (Å²) in [7, 11) is 0. The Bertz CT molecular complexity index is 845. The fourth-order valence-corrected chi connectivity index (χ4v) is 3.29. The normalized spacial score (nSPS) is 14.1. The fourth-order valence-electron chi connectivity index (χ4n) is 3.29. The molecule has 0 bridgehead atoms. The Labute approximate surface area is 172 Å². The number of aromatic nitrogens is 1. The summed E-state index contributed by atoms with van der Waals surface area (Å²) in [4.78, 5) is 40.5. The minimum absolute atomic E-state index is 0.0260. The smallest absolute Gasteiger partial charge is 0.243 e. The third kappa shape index (κ3) is 6.07. The molecule has 0 spiro atoms. The van der Waals surface area contributed by atoms with Gasteiger partial charge in [-0.3, -0.25) is 14.4 Å². The molecule has 2 rings (SSSR count). The Morgan fingerprint density at radius 2 is 1.79 bits per heavy atom. The Hall–Kier alpha value is -2.83. The molecule has 29 heavy (non-hydrogen) atoms. The van der Waals surface area contributed by atoms with E-state index in [0.717, 1.165) is 29.3 Å². The molecular formula is C22H32N4O3. The third-order valence-electron chi connectivity index (χ3n) is 5.14. The number of hydrogen-bond acceptors (Lipinski definition) is 3. The molecule has 3 amide bonds. The van der Waals surface area contributed by atoms with E-state index in [1.807, 2.05) is 51.2 Å². The molecule has 1 heterocycles. The van der Waals surface area contributed by atoms with Crippen LogP contribution in [0.1, 0.15) is 46.1 Å². The van der Waals surface area contributed by atoms with E-state index in [0.29, 0.717) is 13.0 Å².